The number of carbonyl (C=O) groups excluding carboxylic acids is 3. The van der Waals surface area contributed by atoms with E-state index in [2.05, 4.69) is 15.3 Å². The van der Waals surface area contributed by atoms with E-state index in [1.165, 1.54) is 12.5 Å². The molecule has 6 aromatic rings. The average molecular weight is 843 g/mol. The highest BCUT2D eigenvalue weighted by molar-refractivity contribution is 6.38. The minimum absolute atomic E-state index is 0. The molecule has 6 heterocycles. The number of piperazine rings is 2. The van der Waals surface area contributed by atoms with E-state index in [-0.39, 0.29) is 36.4 Å². The number of aromatic nitrogens is 2. The number of halogens is 1. The Hall–Kier alpha value is -6.65. The van der Waals surface area contributed by atoms with Crippen molar-refractivity contribution in [2.24, 2.45) is 0 Å². The molecule has 0 radical (unpaired) electrons. The number of H-pyrrole nitrogens is 2. The van der Waals surface area contributed by atoms with Crippen LogP contribution in [0.15, 0.2) is 91.6 Å². The summed E-state index contributed by atoms with van der Waals surface area (Å²) in [5.41, 5.74) is 2.12. The lowest BCUT2D eigenvalue weighted by atomic mass is 10.0. The summed E-state index contributed by atoms with van der Waals surface area (Å²) in [5.74, 6) is -1.42. The van der Waals surface area contributed by atoms with E-state index >= 15 is 0 Å². The minimum Gasteiger partial charge on any atom is -0.477 e. The maximum Gasteiger partial charge on any atom is 0.345 e. The molecule has 0 saturated carbocycles. The molecule has 0 spiro atoms. The number of amides is 2. The molecule has 2 amide bonds. The van der Waals surface area contributed by atoms with Crippen LogP contribution in [-0.2, 0) is 4.74 Å². The molecular formula is C43H47ClN6O10. The van der Waals surface area contributed by atoms with E-state index < -0.39 is 28.6 Å². The first-order chi connectivity index (χ1) is 28.4. The molecule has 2 saturated heterocycles. The Labute approximate surface area is 349 Å². The molecule has 0 atom stereocenters. The van der Waals surface area contributed by atoms with Gasteiger partial charge in [-0.3, -0.25) is 19.2 Å². The summed E-state index contributed by atoms with van der Waals surface area (Å²) in [7, 11) is 0. The first-order valence-corrected chi connectivity index (χ1v) is 19.3. The number of rotatable bonds is 6. The van der Waals surface area contributed by atoms with E-state index in [0.29, 0.717) is 59.8 Å². The third kappa shape index (κ3) is 9.96. The number of carbonyl (C=O) groups is 4. The molecule has 0 bridgehead atoms. The number of esters is 1. The van der Waals surface area contributed by atoms with E-state index in [1.54, 1.807) is 53.1 Å². The number of aromatic carboxylic acids is 1. The molecule has 2 fully saturated rings. The van der Waals surface area contributed by atoms with Crippen LogP contribution in [-0.4, -0.2) is 108 Å². The first kappa shape index (κ1) is 44.5. The second-order valence-electron chi connectivity index (χ2n) is 13.7. The van der Waals surface area contributed by atoms with Crippen LogP contribution < -0.4 is 21.3 Å². The predicted molar refractivity (Wildman–Crippen MR) is 228 cm³/mol. The number of carboxylic acid groups (broad SMARTS) is 1. The van der Waals surface area contributed by atoms with Crippen molar-refractivity contribution in [2.45, 2.75) is 28.2 Å². The van der Waals surface area contributed by atoms with Crippen LogP contribution >= 0.6 is 11.6 Å². The molecule has 2 aromatic carbocycles. The normalized spacial score (nSPS) is 13.7. The number of benzene rings is 2. The number of fused-ring (bicyclic) bond motifs is 2. The van der Waals surface area contributed by atoms with Gasteiger partial charge in [-0.25, -0.2) is 9.59 Å². The van der Waals surface area contributed by atoms with Crippen molar-refractivity contribution in [3.8, 4) is 0 Å². The molecule has 17 heteroatoms. The summed E-state index contributed by atoms with van der Waals surface area (Å²) in [5, 5.41) is 13.4. The fraction of sp³-hybridized carbons (Fsp3) is 0.302. The Morgan fingerprint density at radius 2 is 1.23 bits per heavy atom. The second-order valence-corrected chi connectivity index (χ2v) is 14.1. The van der Waals surface area contributed by atoms with Gasteiger partial charge < -0.3 is 48.7 Å². The quantitative estimate of drug-likeness (QED) is 0.148. The summed E-state index contributed by atoms with van der Waals surface area (Å²) in [4.78, 5) is 82.7. The van der Waals surface area contributed by atoms with Crippen molar-refractivity contribution < 1.29 is 37.9 Å². The van der Waals surface area contributed by atoms with Gasteiger partial charge in [0.2, 0.25) is 0 Å². The van der Waals surface area contributed by atoms with Crippen molar-refractivity contribution >= 4 is 62.8 Å². The number of anilines is 1. The lowest BCUT2D eigenvalue weighted by molar-refractivity contribution is 0.0523. The van der Waals surface area contributed by atoms with E-state index in [4.69, 9.17) is 30.3 Å². The first-order valence-electron chi connectivity index (χ1n) is 18.9. The van der Waals surface area contributed by atoms with Crippen LogP contribution in [0.3, 0.4) is 0 Å². The number of aryl methyl sites for hydroxylation is 2. The van der Waals surface area contributed by atoms with Crippen molar-refractivity contribution in [2.75, 3.05) is 63.9 Å². The third-order valence-corrected chi connectivity index (χ3v) is 10.1. The predicted octanol–water partition coefficient (Wildman–Crippen LogP) is 5.72. The number of nitrogens with one attached hydrogen (secondary N) is 3. The van der Waals surface area contributed by atoms with Crippen LogP contribution in [0.1, 0.15) is 67.3 Å². The van der Waals surface area contributed by atoms with Gasteiger partial charge in [0.05, 0.1) is 35.4 Å². The number of ether oxygens (including phenoxy) is 1. The number of carboxylic acids is 1. The molecule has 0 unspecified atom stereocenters. The molecule has 60 heavy (non-hydrogen) atoms. The van der Waals surface area contributed by atoms with E-state index in [9.17, 15) is 28.8 Å². The van der Waals surface area contributed by atoms with E-state index in [0.717, 1.165) is 42.7 Å². The number of hydrogen-bond acceptors (Lipinski definition) is 11. The molecule has 4 aromatic heterocycles. The molecule has 4 N–H and O–H groups in total. The van der Waals surface area contributed by atoms with Crippen molar-refractivity contribution in [1.29, 1.82) is 0 Å². The SMILES string of the molecule is C.CCOC(=O)c1c(N2CCN(C(=O)c3ccco3)CC2)c2cc(C)ccc2[nH]c1=O.Cc1ccc2[nH]c(=O)c(C(=O)O)c(Cl)c2c1.O=C(c1ccco1)N1CCNCC1. The zero-order valence-corrected chi connectivity index (χ0v) is 33.4. The number of furan rings is 2. The Balaban J connectivity index is 0.000000190. The van der Waals surface area contributed by atoms with Gasteiger partial charge >= 0.3 is 11.9 Å². The lowest BCUT2D eigenvalue weighted by Crippen LogP contribution is -2.49. The van der Waals surface area contributed by atoms with Crippen molar-refractivity contribution in [3.05, 3.63) is 133 Å². The highest BCUT2D eigenvalue weighted by atomic mass is 35.5. The lowest BCUT2D eigenvalue weighted by Gasteiger charge is -2.36. The zero-order chi connectivity index (χ0) is 42.2. The minimum atomic E-state index is -1.32. The average Bonchev–Trinajstić information content (AvgIpc) is 3.98. The topological polar surface area (TPSA) is 211 Å². The summed E-state index contributed by atoms with van der Waals surface area (Å²) in [6.45, 7) is 10.8. The highest BCUT2D eigenvalue weighted by Gasteiger charge is 2.30. The largest absolute Gasteiger partial charge is 0.477 e. The summed E-state index contributed by atoms with van der Waals surface area (Å²) in [6, 6.07) is 17.7. The molecular weight excluding hydrogens is 796 g/mol. The Bertz CT molecular complexity index is 2590. The zero-order valence-electron chi connectivity index (χ0n) is 32.6. The van der Waals surface area contributed by atoms with Gasteiger partial charge in [0.25, 0.3) is 22.9 Å². The molecule has 2 aliphatic rings. The van der Waals surface area contributed by atoms with Crippen molar-refractivity contribution in [3.63, 3.8) is 0 Å². The number of pyridine rings is 2. The third-order valence-electron chi connectivity index (χ3n) is 9.69. The number of hydrogen-bond donors (Lipinski definition) is 4. The molecule has 16 nitrogen and oxygen atoms in total. The fourth-order valence-electron chi connectivity index (χ4n) is 6.78. The van der Waals surface area contributed by atoms with Gasteiger partial charge in [0.15, 0.2) is 11.5 Å². The number of aromatic amines is 2. The maximum absolute atomic E-state index is 12.8. The molecule has 2 aliphatic heterocycles. The van der Waals surface area contributed by atoms with Gasteiger partial charge in [-0.05, 0) is 69.3 Å². The van der Waals surface area contributed by atoms with Crippen LogP contribution in [0.5, 0.6) is 0 Å². The van der Waals surface area contributed by atoms with Gasteiger partial charge in [-0.15, -0.1) is 0 Å². The van der Waals surface area contributed by atoms with Crippen LogP contribution in [0.2, 0.25) is 5.02 Å². The van der Waals surface area contributed by atoms with Crippen LogP contribution in [0.25, 0.3) is 21.8 Å². The van der Waals surface area contributed by atoms with Gasteiger partial charge in [0, 0.05) is 68.6 Å². The molecule has 316 valence electrons. The fourth-order valence-corrected chi connectivity index (χ4v) is 7.11. The van der Waals surface area contributed by atoms with Gasteiger partial charge in [0.1, 0.15) is 11.1 Å². The number of nitrogens with zero attached hydrogens (tertiary/aromatic N) is 3. The Morgan fingerprint density at radius 1 is 0.733 bits per heavy atom. The van der Waals surface area contributed by atoms with E-state index in [1.807, 2.05) is 43.0 Å². The monoisotopic (exact) mass is 842 g/mol. The Kier molecular flexibility index (Phi) is 14.7. The summed E-state index contributed by atoms with van der Waals surface area (Å²) in [6.07, 6.45) is 3.00. The van der Waals surface area contributed by atoms with Gasteiger partial charge in [-0.2, -0.15) is 0 Å². The van der Waals surface area contributed by atoms with Gasteiger partial charge in [-0.1, -0.05) is 42.3 Å². The maximum atomic E-state index is 12.8. The highest BCUT2D eigenvalue weighted by Crippen LogP contribution is 2.30. The molecule has 8 rings (SSSR count). The second kappa shape index (κ2) is 19.9. The smallest absolute Gasteiger partial charge is 0.345 e. The standard InChI is InChI=1S/C22H23N3O5.C11H8ClNO3.C9H12N2O2.CH4/c1-3-29-22(28)18-19(15-13-14(2)6-7-16(15)23-20(18)26)24-8-10-25(11-9-24)21(27)17-5-4-12-30-17;1-5-2-3-7-6(4-5)9(12)8(11(15)16)10(14)13-7;12-9(8-2-1-7-13-8)11-5-3-10-4-6-11;/h4-7,12-13H,3,8-11H2,1-2H3,(H,23,26);2-4H,1H3,(H,13,14)(H,15,16);1-2,7,10H,3-6H2;1H4. The van der Waals surface area contributed by atoms with Crippen LogP contribution in [0.4, 0.5) is 5.69 Å². The summed E-state index contributed by atoms with van der Waals surface area (Å²) >= 11 is 5.91. The van der Waals surface area contributed by atoms with Crippen LogP contribution in [0, 0.1) is 13.8 Å². The Morgan fingerprint density at radius 3 is 1.73 bits per heavy atom. The summed E-state index contributed by atoms with van der Waals surface area (Å²) < 4.78 is 15.4. The van der Waals surface area contributed by atoms with Crippen molar-refractivity contribution in [1.82, 2.24) is 25.1 Å². The molecule has 0 aliphatic carbocycles.